The molecule has 2 heterocycles. The number of hydrogen-bond donors (Lipinski definition) is 1. The van der Waals surface area contributed by atoms with Crippen LogP contribution < -0.4 is 14.8 Å². The van der Waals surface area contributed by atoms with Gasteiger partial charge in [0.15, 0.2) is 11.5 Å². The Morgan fingerprint density at radius 3 is 2.95 bits per heavy atom. The SMILES string of the molecule is C=CCC[C@H](c1cccc2c1OCO2)N1CCNCC1. The summed E-state index contributed by atoms with van der Waals surface area (Å²) in [5.74, 6) is 1.81. The van der Waals surface area contributed by atoms with Gasteiger partial charge in [0.1, 0.15) is 0 Å². The summed E-state index contributed by atoms with van der Waals surface area (Å²) in [7, 11) is 0. The molecule has 0 aromatic heterocycles. The molecule has 4 nitrogen and oxygen atoms in total. The smallest absolute Gasteiger partial charge is 0.231 e. The average Bonchev–Trinajstić information content (AvgIpc) is 2.98. The first kappa shape index (κ1) is 13.5. The van der Waals surface area contributed by atoms with Crippen molar-refractivity contribution in [1.82, 2.24) is 10.2 Å². The van der Waals surface area contributed by atoms with Gasteiger partial charge in [0.25, 0.3) is 0 Å². The van der Waals surface area contributed by atoms with E-state index < -0.39 is 0 Å². The molecule has 108 valence electrons. The van der Waals surface area contributed by atoms with Crippen LogP contribution in [-0.2, 0) is 0 Å². The number of allylic oxidation sites excluding steroid dienone is 1. The molecule has 0 bridgehead atoms. The highest BCUT2D eigenvalue weighted by atomic mass is 16.7. The predicted molar refractivity (Wildman–Crippen MR) is 79.2 cm³/mol. The molecule has 2 aliphatic heterocycles. The maximum atomic E-state index is 5.69. The molecule has 2 aliphatic rings. The summed E-state index contributed by atoms with van der Waals surface area (Å²) < 4.78 is 11.2. The minimum Gasteiger partial charge on any atom is -0.454 e. The van der Waals surface area contributed by atoms with Gasteiger partial charge >= 0.3 is 0 Å². The lowest BCUT2D eigenvalue weighted by molar-refractivity contribution is 0.154. The van der Waals surface area contributed by atoms with Crippen LogP contribution in [0, 0.1) is 0 Å². The van der Waals surface area contributed by atoms with Gasteiger partial charge in [0, 0.05) is 37.8 Å². The first-order valence-electron chi connectivity index (χ1n) is 7.34. The molecule has 0 aliphatic carbocycles. The van der Waals surface area contributed by atoms with Crippen LogP contribution in [-0.4, -0.2) is 37.9 Å². The Kier molecular flexibility index (Phi) is 4.23. The number of piperazine rings is 1. The molecule has 0 spiro atoms. The monoisotopic (exact) mass is 274 g/mol. The van der Waals surface area contributed by atoms with Crippen LogP contribution in [0.15, 0.2) is 30.9 Å². The Balaban J connectivity index is 1.88. The minimum atomic E-state index is 0.335. The number of nitrogens with zero attached hydrogens (tertiary/aromatic N) is 1. The van der Waals surface area contributed by atoms with E-state index in [4.69, 9.17) is 9.47 Å². The zero-order valence-corrected chi connectivity index (χ0v) is 11.8. The quantitative estimate of drug-likeness (QED) is 0.836. The molecule has 1 saturated heterocycles. The van der Waals surface area contributed by atoms with E-state index >= 15 is 0 Å². The Bertz CT molecular complexity index is 470. The Morgan fingerprint density at radius 2 is 2.15 bits per heavy atom. The molecule has 0 saturated carbocycles. The van der Waals surface area contributed by atoms with Gasteiger partial charge in [-0.2, -0.15) is 0 Å². The molecule has 1 N–H and O–H groups in total. The molecule has 1 aromatic rings. The highest BCUT2D eigenvalue weighted by molar-refractivity contribution is 5.49. The number of rotatable bonds is 5. The predicted octanol–water partition coefficient (Wildman–Crippen LogP) is 2.33. The number of benzene rings is 1. The van der Waals surface area contributed by atoms with Gasteiger partial charge in [0.05, 0.1) is 0 Å². The minimum absolute atomic E-state index is 0.335. The average molecular weight is 274 g/mol. The van der Waals surface area contributed by atoms with Crippen molar-refractivity contribution in [1.29, 1.82) is 0 Å². The zero-order chi connectivity index (χ0) is 13.8. The van der Waals surface area contributed by atoms with Gasteiger partial charge in [-0.15, -0.1) is 6.58 Å². The van der Waals surface area contributed by atoms with E-state index in [1.54, 1.807) is 0 Å². The first-order valence-corrected chi connectivity index (χ1v) is 7.34. The maximum Gasteiger partial charge on any atom is 0.231 e. The normalized spacial score (nSPS) is 19.8. The summed E-state index contributed by atoms with van der Waals surface area (Å²) >= 11 is 0. The van der Waals surface area contributed by atoms with Crippen LogP contribution in [0.1, 0.15) is 24.4 Å². The van der Waals surface area contributed by atoms with Crippen molar-refractivity contribution < 1.29 is 9.47 Å². The van der Waals surface area contributed by atoms with Crippen LogP contribution in [0.25, 0.3) is 0 Å². The molecular weight excluding hydrogens is 252 g/mol. The van der Waals surface area contributed by atoms with Crippen molar-refractivity contribution >= 4 is 0 Å². The van der Waals surface area contributed by atoms with Gasteiger partial charge in [-0.05, 0) is 18.9 Å². The van der Waals surface area contributed by atoms with E-state index in [0.717, 1.165) is 50.5 Å². The van der Waals surface area contributed by atoms with Crippen molar-refractivity contribution in [3.63, 3.8) is 0 Å². The molecule has 1 aromatic carbocycles. The Labute approximate surface area is 120 Å². The fourth-order valence-electron chi connectivity index (χ4n) is 3.02. The second-order valence-electron chi connectivity index (χ2n) is 5.25. The lowest BCUT2D eigenvalue weighted by Gasteiger charge is -2.35. The van der Waals surface area contributed by atoms with E-state index in [-0.39, 0.29) is 0 Å². The summed E-state index contributed by atoms with van der Waals surface area (Å²) in [4.78, 5) is 2.54. The van der Waals surface area contributed by atoms with Crippen LogP contribution in [0.2, 0.25) is 0 Å². The summed E-state index contributed by atoms with van der Waals surface area (Å²) in [5.41, 5.74) is 1.25. The summed E-state index contributed by atoms with van der Waals surface area (Å²) in [6.45, 7) is 8.45. The number of hydrogen-bond acceptors (Lipinski definition) is 4. The molecule has 1 atom stereocenters. The van der Waals surface area contributed by atoms with Crippen LogP contribution in [0.4, 0.5) is 0 Å². The van der Waals surface area contributed by atoms with Crippen molar-refractivity contribution in [2.75, 3.05) is 33.0 Å². The fraction of sp³-hybridized carbons (Fsp3) is 0.500. The van der Waals surface area contributed by atoms with E-state index in [9.17, 15) is 0 Å². The second kappa shape index (κ2) is 6.29. The van der Waals surface area contributed by atoms with Crippen molar-refractivity contribution in [3.05, 3.63) is 36.4 Å². The number of ether oxygens (including phenoxy) is 2. The summed E-state index contributed by atoms with van der Waals surface area (Å²) in [5, 5.41) is 3.41. The Hall–Kier alpha value is -1.52. The maximum absolute atomic E-state index is 5.69. The molecule has 20 heavy (non-hydrogen) atoms. The van der Waals surface area contributed by atoms with Gasteiger partial charge in [-0.25, -0.2) is 0 Å². The van der Waals surface area contributed by atoms with E-state index in [0.29, 0.717) is 12.8 Å². The van der Waals surface area contributed by atoms with Crippen molar-refractivity contribution in [2.24, 2.45) is 0 Å². The van der Waals surface area contributed by atoms with E-state index in [1.165, 1.54) is 5.56 Å². The highest BCUT2D eigenvalue weighted by Crippen LogP contribution is 2.41. The van der Waals surface area contributed by atoms with Gasteiger partial charge < -0.3 is 14.8 Å². The third-order valence-corrected chi connectivity index (χ3v) is 4.02. The number of fused-ring (bicyclic) bond motifs is 1. The molecule has 4 heteroatoms. The first-order chi connectivity index (χ1) is 9.90. The van der Waals surface area contributed by atoms with Crippen molar-refractivity contribution in [2.45, 2.75) is 18.9 Å². The number of para-hydroxylation sites is 1. The van der Waals surface area contributed by atoms with Gasteiger partial charge in [0.2, 0.25) is 6.79 Å². The fourth-order valence-corrected chi connectivity index (χ4v) is 3.02. The largest absolute Gasteiger partial charge is 0.454 e. The van der Waals surface area contributed by atoms with E-state index in [2.05, 4.69) is 28.9 Å². The van der Waals surface area contributed by atoms with Gasteiger partial charge in [-0.1, -0.05) is 18.2 Å². The highest BCUT2D eigenvalue weighted by Gasteiger charge is 2.27. The third kappa shape index (κ3) is 2.67. The molecule has 1 fully saturated rings. The summed E-state index contributed by atoms with van der Waals surface area (Å²) in [6, 6.07) is 6.59. The lowest BCUT2D eigenvalue weighted by atomic mass is 9.98. The Morgan fingerprint density at radius 1 is 1.30 bits per heavy atom. The second-order valence-corrected chi connectivity index (χ2v) is 5.25. The molecule has 0 radical (unpaired) electrons. The van der Waals surface area contributed by atoms with Crippen LogP contribution in [0.3, 0.4) is 0 Å². The molecular formula is C16H22N2O2. The molecule has 3 rings (SSSR count). The van der Waals surface area contributed by atoms with E-state index in [1.807, 2.05) is 12.1 Å². The number of nitrogens with one attached hydrogen (secondary N) is 1. The standard InChI is InChI=1S/C16H22N2O2/c1-2-3-6-14(18-10-8-17-9-11-18)13-5-4-7-15-16(13)20-12-19-15/h2,4-5,7,14,17H,1,3,6,8-12H2/t14-/m1/s1. The zero-order valence-electron chi connectivity index (χ0n) is 11.8. The summed E-state index contributed by atoms with van der Waals surface area (Å²) in [6.07, 6.45) is 4.08. The van der Waals surface area contributed by atoms with Crippen molar-refractivity contribution in [3.8, 4) is 11.5 Å². The van der Waals surface area contributed by atoms with Crippen LogP contribution in [0.5, 0.6) is 11.5 Å². The topological polar surface area (TPSA) is 33.7 Å². The third-order valence-electron chi connectivity index (χ3n) is 4.02. The molecule has 0 unspecified atom stereocenters. The van der Waals surface area contributed by atoms with Crippen LogP contribution >= 0.6 is 0 Å². The van der Waals surface area contributed by atoms with Gasteiger partial charge in [-0.3, -0.25) is 4.90 Å². The lowest BCUT2D eigenvalue weighted by Crippen LogP contribution is -2.45. The molecule has 0 amide bonds.